The number of nitrogens with one attached hydrogen (secondary N) is 1. The van der Waals surface area contributed by atoms with Crippen molar-refractivity contribution in [2.45, 2.75) is 57.4 Å². The number of rotatable bonds is 6. The number of halogens is 1. The van der Waals surface area contributed by atoms with Crippen LogP contribution in [0, 0.1) is 5.92 Å². The van der Waals surface area contributed by atoms with Gasteiger partial charge in [-0.05, 0) is 36.5 Å². The minimum Gasteiger partial charge on any atom is -0.486 e. The number of hydrogen-bond acceptors (Lipinski definition) is 4. The zero-order chi connectivity index (χ0) is 17.9. The maximum atomic E-state index is 12.4. The average Bonchev–Trinajstić information content (AvgIpc) is 3.14. The number of carbonyl (C=O) groups is 1. The van der Waals surface area contributed by atoms with E-state index in [1.807, 2.05) is 13.0 Å². The quantitative estimate of drug-likeness (QED) is 0.792. The second kappa shape index (κ2) is 8.96. The molecule has 6 heteroatoms. The second-order valence-corrected chi connectivity index (χ2v) is 7.47. The van der Waals surface area contributed by atoms with E-state index in [4.69, 9.17) is 15.2 Å². The standard InChI is InChI=1S/C20H30N2O3.ClH/c1-3-14(2)18(21)19(23)22-13-20(8-4-5-9-20)15-6-7-16-17(12-15)25-11-10-24-16;/h6-7,12,14,18H,3-5,8-11,13,21H2,1-2H3,(H,22,23);1H. The molecule has 1 aliphatic heterocycles. The summed E-state index contributed by atoms with van der Waals surface area (Å²) in [5.74, 6) is 1.77. The van der Waals surface area contributed by atoms with Gasteiger partial charge < -0.3 is 20.5 Å². The molecule has 1 aliphatic carbocycles. The van der Waals surface area contributed by atoms with Crippen LogP contribution in [0.15, 0.2) is 18.2 Å². The SMILES string of the molecule is CCC(C)C(N)C(=O)NCC1(c2ccc3c(c2)OCCO3)CCCC1.Cl. The van der Waals surface area contributed by atoms with Crippen LogP contribution < -0.4 is 20.5 Å². The minimum absolute atomic E-state index is 0. The van der Waals surface area contributed by atoms with Gasteiger partial charge >= 0.3 is 0 Å². The Balaban J connectivity index is 0.00000243. The summed E-state index contributed by atoms with van der Waals surface area (Å²) < 4.78 is 11.4. The molecule has 0 radical (unpaired) electrons. The highest BCUT2D eigenvalue weighted by Crippen LogP contribution is 2.43. The molecular weight excluding hydrogens is 352 g/mol. The molecule has 2 unspecified atom stereocenters. The van der Waals surface area contributed by atoms with Crippen molar-refractivity contribution in [3.05, 3.63) is 23.8 Å². The van der Waals surface area contributed by atoms with Gasteiger partial charge in [-0.15, -0.1) is 12.4 Å². The van der Waals surface area contributed by atoms with Crippen molar-refractivity contribution < 1.29 is 14.3 Å². The van der Waals surface area contributed by atoms with Gasteiger partial charge in [0.15, 0.2) is 11.5 Å². The van der Waals surface area contributed by atoms with E-state index >= 15 is 0 Å². The molecular formula is C20H31ClN2O3. The molecule has 1 aromatic carbocycles. The average molecular weight is 383 g/mol. The summed E-state index contributed by atoms with van der Waals surface area (Å²) >= 11 is 0. The van der Waals surface area contributed by atoms with Gasteiger partial charge in [-0.1, -0.05) is 39.2 Å². The first-order chi connectivity index (χ1) is 12.1. The fraction of sp³-hybridized carbons (Fsp3) is 0.650. The molecule has 0 aromatic heterocycles. The van der Waals surface area contributed by atoms with E-state index in [2.05, 4.69) is 24.4 Å². The van der Waals surface area contributed by atoms with Gasteiger partial charge in [0.05, 0.1) is 6.04 Å². The molecule has 2 aliphatic rings. The maximum absolute atomic E-state index is 12.4. The predicted molar refractivity (Wildman–Crippen MR) is 105 cm³/mol. The number of benzene rings is 1. The van der Waals surface area contributed by atoms with Crippen LogP contribution in [0.25, 0.3) is 0 Å². The summed E-state index contributed by atoms with van der Waals surface area (Å²) in [5.41, 5.74) is 7.28. The molecule has 2 atom stereocenters. The third kappa shape index (κ3) is 4.26. The Morgan fingerprint density at radius 2 is 1.88 bits per heavy atom. The summed E-state index contributed by atoms with van der Waals surface area (Å²) in [5, 5.41) is 3.12. The van der Waals surface area contributed by atoms with Crippen LogP contribution in [-0.4, -0.2) is 31.7 Å². The van der Waals surface area contributed by atoms with Crippen LogP contribution in [0.1, 0.15) is 51.5 Å². The number of amides is 1. The van der Waals surface area contributed by atoms with Crippen molar-refractivity contribution in [2.24, 2.45) is 11.7 Å². The molecule has 1 fully saturated rings. The first-order valence-electron chi connectivity index (χ1n) is 9.49. The Hall–Kier alpha value is -1.46. The predicted octanol–water partition coefficient (Wildman–Crippen LogP) is 3.18. The van der Waals surface area contributed by atoms with Crippen molar-refractivity contribution in [2.75, 3.05) is 19.8 Å². The fourth-order valence-electron chi connectivity index (χ4n) is 3.88. The molecule has 5 nitrogen and oxygen atoms in total. The van der Waals surface area contributed by atoms with Crippen molar-refractivity contribution >= 4 is 18.3 Å². The van der Waals surface area contributed by atoms with Crippen LogP contribution in [0.5, 0.6) is 11.5 Å². The molecule has 1 aromatic rings. The summed E-state index contributed by atoms with van der Waals surface area (Å²) in [6, 6.07) is 5.78. The Morgan fingerprint density at radius 3 is 2.54 bits per heavy atom. The fourth-order valence-corrected chi connectivity index (χ4v) is 3.88. The molecule has 3 N–H and O–H groups in total. The third-order valence-electron chi connectivity index (χ3n) is 5.88. The molecule has 26 heavy (non-hydrogen) atoms. The number of ether oxygens (including phenoxy) is 2. The van der Waals surface area contributed by atoms with Gasteiger partial charge in [0.2, 0.25) is 5.91 Å². The zero-order valence-electron chi connectivity index (χ0n) is 15.8. The van der Waals surface area contributed by atoms with Crippen LogP contribution in [0.4, 0.5) is 0 Å². The molecule has 0 saturated heterocycles. The summed E-state index contributed by atoms with van der Waals surface area (Å²) in [6.45, 7) is 5.91. The maximum Gasteiger partial charge on any atom is 0.237 e. The lowest BCUT2D eigenvalue weighted by Crippen LogP contribution is -2.48. The van der Waals surface area contributed by atoms with E-state index in [0.29, 0.717) is 19.8 Å². The molecule has 1 saturated carbocycles. The Labute approximate surface area is 162 Å². The monoisotopic (exact) mass is 382 g/mol. The second-order valence-electron chi connectivity index (χ2n) is 7.47. The third-order valence-corrected chi connectivity index (χ3v) is 5.88. The lowest BCUT2D eigenvalue weighted by molar-refractivity contribution is -0.123. The molecule has 0 spiro atoms. The van der Waals surface area contributed by atoms with Crippen molar-refractivity contribution in [1.82, 2.24) is 5.32 Å². The Kier molecular flexibility index (Phi) is 7.18. The zero-order valence-corrected chi connectivity index (χ0v) is 16.6. The summed E-state index contributed by atoms with van der Waals surface area (Å²) in [7, 11) is 0. The van der Waals surface area contributed by atoms with Gasteiger partial charge in [0.1, 0.15) is 13.2 Å². The van der Waals surface area contributed by atoms with Gasteiger partial charge in [0, 0.05) is 12.0 Å². The number of carbonyl (C=O) groups excluding carboxylic acids is 1. The van der Waals surface area contributed by atoms with Gasteiger partial charge in [-0.2, -0.15) is 0 Å². The van der Waals surface area contributed by atoms with Gasteiger partial charge in [0.25, 0.3) is 0 Å². The highest BCUT2D eigenvalue weighted by Gasteiger charge is 2.37. The number of fused-ring (bicyclic) bond motifs is 1. The van der Waals surface area contributed by atoms with Crippen molar-refractivity contribution in [1.29, 1.82) is 0 Å². The lowest BCUT2D eigenvalue weighted by atomic mass is 9.78. The highest BCUT2D eigenvalue weighted by atomic mass is 35.5. The summed E-state index contributed by atoms with van der Waals surface area (Å²) in [6.07, 6.45) is 5.42. The van der Waals surface area contributed by atoms with E-state index in [9.17, 15) is 4.79 Å². The van der Waals surface area contributed by atoms with Crippen molar-refractivity contribution in [3.63, 3.8) is 0 Å². The van der Waals surface area contributed by atoms with E-state index in [1.165, 1.54) is 18.4 Å². The van der Waals surface area contributed by atoms with E-state index in [-0.39, 0.29) is 29.6 Å². The number of hydrogen-bond donors (Lipinski definition) is 2. The Bertz CT molecular complexity index is 617. The first kappa shape index (κ1) is 20.8. The molecule has 1 heterocycles. The highest BCUT2D eigenvalue weighted by molar-refractivity contribution is 5.85. The normalized spacial score (nSPS) is 20.0. The van der Waals surface area contributed by atoms with E-state index in [1.54, 1.807) is 0 Å². The molecule has 3 rings (SSSR count). The van der Waals surface area contributed by atoms with Crippen LogP contribution in [-0.2, 0) is 10.2 Å². The van der Waals surface area contributed by atoms with Crippen LogP contribution in [0.3, 0.4) is 0 Å². The van der Waals surface area contributed by atoms with E-state index in [0.717, 1.165) is 30.8 Å². The smallest absolute Gasteiger partial charge is 0.237 e. The van der Waals surface area contributed by atoms with Gasteiger partial charge in [-0.25, -0.2) is 0 Å². The topological polar surface area (TPSA) is 73.6 Å². The molecule has 1 amide bonds. The van der Waals surface area contributed by atoms with E-state index < -0.39 is 6.04 Å². The van der Waals surface area contributed by atoms with Gasteiger partial charge in [-0.3, -0.25) is 4.79 Å². The largest absolute Gasteiger partial charge is 0.486 e. The lowest BCUT2D eigenvalue weighted by Gasteiger charge is -2.32. The van der Waals surface area contributed by atoms with Crippen LogP contribution >= 0.6 is 12.4 Å². The Morgan fingerprint density at radius 1 is 1.23 bits per heavy atom. The molecule has 146 valence electrons. The number of nitrogens with two attached hydrogens (primary N) is 1. The molecule has 0 bridgehead atoms. The van der Waals surface area contributed by atoms with Crippen LogP contribution in [0.2, 0.25) is 0 Å². The van der Waals surface area contributed by atoms with Crippen molar-refractivity contribution in [3.8, 4) is 11.5 Å². The first-order valence-corrected chi connectivity index (χ1v) is 9.49. The summed E-state index contributed by atoms with van der Waals surface area (Å²) in [4.78, 5) is 12.4. The minimum atomic E-state index is -0.441.